The number of hydrogen-bond donors (Lipinski definition) is 2. The van der Waals surface area contributed by atoms with Crippen LogP contribution in [-0.2, 0) is 11.4 Å². The lowest BCUT2D eigenvalue weighted by Crippen LogP contribution is -2.50. The quantitative estimate of drug-likeness (QED) is 0.767. The third-order valence-corrected chi connectivity index (χ3v) is 6.99. The number of amides is 1. The number of benzene rings is 1. The Kier molecular flexibility index (Phi) is 5.45. The van der Waals surface area contributed by atoms with Crippen molar-refractivity contribution >= 4 is 11.6 Å². The molecule has 3 atom stereocenters. The SMILES string of the molecule is Cc1cc(N2CC(O)C2)cc(OCc2ccc(C(C)[C@@]3(C)C(=O)NC[C@@H]3C)cc2)n1. The van der Waals surface area contributed by atoms with E-state index in [9.17, 15) is 9.90 Å². The number of aryl methyl sites for hydroxylation is 1. The zero-order valence-electron chi connectivity index (χ0n) is 18.2. The fraction of sp³-hybridized carbons (Fsp3) is 0.500. The van der Waals surface area contributed by atoms with Gasteiger partial charge in [0.15, 0.2) is 0 Å². The van der Waals surface area contributed by atoms with E-state index in [-0.39, 0.29) is 23.3 Å². The van der Waals surface area contributed by atoms with E-state index in [1.54, 1.807) is 0 Å². The van der Waals surface area contributed by atoms with Crippen LogP contribution < -0.4 is 15.0 Å². The zero-order valence-corrected chi connectivity index (χ0v) is 18.2. The molecule has 1 aromatic heterocycles. The van der Waals surface area contributed by atoms with Gasteiger partial charge in [0, 0.05) is 37.1 Å². The van der Waals surface area contributed by atoms with E-state index >= 15 is 0 Å². The highest BCUT2D eigenvalue weighted by atomic mass is 16.5. The Morgan fingerprint density at radius 2 is 2.00 bits per heavy atom. The molecule has 2 aliphatic heterocycles. The Bertz CT molecular complexity index is 924. The van der Waals surface area contributed by atoms with Gasteiger partial charge in [-0.2, -0.15) is 0 Å². The first-order chi connectivity index (χ1) is 14.3. The summed E-state index contributed by atoms with van der Waals surface area (Å²) in [6, 6.07) is 12.3. The Labute approximate surface area is 178 Å². The van der Waals surface area contributed by atoms with E-state index in [1.807, 2.05) is 19.1 Å². The van der Waals surface area contributed by atoms with Crippen LogP contribution in [0, 0.1) is 18.3 Å². The maximum Gasteiger partial charge on any atom is 0.226 e. The zero-order chi connectivity index (χ0) is 21.5. The molecule has 0 aliphatic carbocycles. The minimum Gasteiger partial charge on any atom is -0.473 e. The molecule has 0 bridgehead atoms. The predicted molar refractivity (Wildman–Crippen MR) is 117 cm³/mol. The average molecular weight is 410 g/mol. The number of ether oxygens (including phenoxy) is 1. The smallest absolute Gasteiger partial charge is 0.226 e. The molecular weight excluding hydrogens is 378 g/mol. The summed E-state index contributed by atoms with van der Waals surface area (Å²) in [7, 11) is 0. The van der Waals surface area contributed by atoms with Gasteiger partial charge < -0.3 is 20.1 Å². The number of nitrogens with zero attached hydrogens (tertiary/aromatic N) is 2. The van der Waals surface area contributed by atoms with Gasteiger partial charge in [-0.1, -0.05) is 38.1 Å². The first-order valence-corrected chi connectivity index (χ1v) is 10.7. The summed E-state index contributed by atoms with van der Waals surface area (Å²) >= 11 is 0. The van der Waals surface area contributed by atoms with Gasteiger partial charge in [0.05, 0.1) is 11.5 Å². The lowest BCUT2D eigenvalue weighted by molar-refractivity contribution is -0.128. The molecule has 2 aliphatic rings. The lowest BCUT2D eigenvalue weighted by atomic mass is 9.68. The van der Waals surface area contributed by atoms with Gasteiger partial charge >= 0.3 is 0 Å². The predicted octanol–water partition coefficient (Wildman–Crippen LogP) is 3.03. The summed E-state index contributed by atoms with van der Waals surface area (Å²) in [5.74, 6) is 1.17. The minimum absolute atomic E-state index is 0.137. The number of nitrogens with one attached hydrogen (secondary N) is 1. The molecule has 0 spiro atoms. The first kappa shape index (κ1) is 20.7. The summed E-state index contributed by atoms with van der Waals surface area (Å²) in [6.07, 6.45) is -0.246. The van der Waals surface area contributed by atoms with Crippen LogP contribution in [0.25, 0.3) is 0 Å². The molecule has 6 heteroatoms. The molecule has 160 valence electrons. The molecule has 6 nitrogen and oxygen atoms in total. The van der Waals surface area contributed by atoms with Crippen LogP contribution in [0.5, 0.6) is 5.88 Å². The second kappa shape index (κ2) is 7.91. The molecule has 2 fully saturated rings. The molecule has 1 aromatic carbocycles. The molecule has 2 aromatic rings. The lowest BCUT2D eigenvalue weighted by Gasteiger charge is -2.38. The third kappa shape index (κ3) is 3.76. The number of aromatic nitrogens is 1. The van der Waals surface area contributed by atoms with Gasteiger partial charge in [0.1, 0.15) is 6.61 Å². The van der Waals surface area contributed by atoms with Crippen molar-refractivity contribution in [2.45, 2.75) is 46.3 Å². The summed E-state index contributed by atoms with van der Waals surface area (Å²) in [6.45, 7) is 10.8. The minimum atomic E-state index is -0.385. The van der Waals surface area contributed by atoms with Crippen LogP contribution in [0.2, 0.25) is 0 Å². The van der Waals surface area contributed by atoms with E-state index in [0.29, 0.717) is 31.5 Å². The van der Waals surface area contributed by atoms with Crippen LogP contribution in [0.3, 0.4) is 0 Å². The molecule has 3 heterocycles. The fourth-order valence-electron chi connectivity index (χ4n) is 4.44. The summed E-state index contributed by atoms with van der Waals surface area (Å²) < 4.78 is 5.95. The van der Waals surface area contributed by atoms with Gasteiger partial charge in [-0.05, 0) is 42.9 Å². The van der Waals surface area contributed by atoms with Crippen molar-refractivity contribution in [2.75, 3.05) is 24.5 Å². The number of carbonyl (C=O) groups is 1. The maximum absolute atomic E-state index is 12.4. The molecule has 2 N–H and O–H groups in total. The highest BCUT2D eigenvalue weighted by molar-refractivity contribution is 5.85. The third-order valence-electron chi connectivity index (χ3n) is 6.99. The van der Waals surface area contributed by atoms with Crippen LogP contribution in [0.1, 0.15) is 43.5 Å². The van der Waals surface area contributed by atoms with E-state index in [1.165, 1.54) is 0 Å². The maximum atomic E-state index is 12.4. The van der Waals surface area contributed by atoms with Crippen molar-refractivity contribution in [1.82, 2.24) is 10.3 Å². The highest BCUT2D eigenvalue weighted by Crippen LogP contribution is 2.44. The standard InChI is InChI=1S/C24H31N3O3/c1-15-11-25-23(29)24(15,4)17(3)19-7-5-18(6-8-19)14-30-22-10-20(9-16(2)26-22)27-12-21(28)13-27/h5-10,15,17,21,28H,11-14H2,1-4H3,(H,25,29)/t15-,17?,24-/m0/s1. The van der Waals surface area contributed by atoms with Crippen LogP contribution >= 0.6 is 0 Å². The Hall–Kier alpha value is -2.60. The number of anilines is 1. The number of aliphatic hydroxyl groups is 1. The van der Waals surface area contributed by atoms with Crippen molar-refractivity contribution < 1.29 is 14.6 Å². The van der Waals surface area contributed by atoms with Crippen molar-refractivity contribution in [3.05, 3.63) is 53.2 Å². The molecule has 0 radical (unpaired) electrons. The monoisotopic (exact) mass is 409 g/mol. The highest BCUT2D eigenvalue weighted by Gasteiger charge is 2.48. The van der Waals surface area contributed by atoms with Gasteiger partial charge in [0.25, 0.3) is 0 Å². The number of aliphatic hydroxyl groups excluding tert-OH is 1. The summed E-state index contributed by atoms with van der Waals surface area (Å²) in [5.41, 5.74) is 3.76. The topological polar surface area (TPSA) is 74.7 Å². The normalized spacial score (nSPS) is 25.0. The second-order valence-electron chi connectivity index (χ2n) is 9.01. The van der Waals surface area contributed by atoms with Crippen LogP contribution in [0.4, 0.5) is 5.69 Å². The Morgan fingerprint density at radius 3 is 2.60 bits per heavy atom. The second-order valence-corrected chi connectivity index (χ2v) is 9.01. The van der Waals surface area contributed by atoms with Crippen LogP contribution in [-0.4, -0.2) is 41.7 Å². The number of carbonyl (C=O) groups excluding carboxylic acids is 1. The van der Waals surface area contributed by atoms with E-state index in [4.69, 9.17) is 4.74 Å². The molecule has 30 heavy (non-hydrogen) atoms. The molecular formula is C24H31N3O3. The number of rotatable bonds is 6. The van der Waals surface area contributed by atoms with Crippen molar-refractivity contribution in [2.24, 2.45) is 11.3 Å². The number of pyridine rings is 1. The van der Waals surface area contributed by atoms with Crippen molar-refractivity contribution in [1.29, 1.82) is 0 Å². The summed E-state index contributed by atoms with van der Waals surface area (Å²) in [4.78, 5) is 19.0. The van der Waals surface area contributed by atoms with Crippen molar-refractivity contribution in [3.8, 4) is 5.88 Å². The molecule has 4 rings (SSSR count). The number of hydrogen-bond acceptors (Lipinski definition) is 5. The fourth-order valence-corrected chi connectivity index (χ4v) is 4.44. The molecule has 1 unspecified atom stereocenters. The number of β-amino-alcohol motifs (C(OH)–C–C–N with tert-alkyl or cyclic N) is 1. The van der Waals surface area contributed by atoms with E-state index < -0.39 is 0 Å². The van der Waals surface area contributed by atoms with Gasteiger partial charge in [-0.15, -0.1) is 0 Å². The van der Waals surface area contributed by atoms with Gasteiger partial charge in [0.2, 0.25) is 11.8 Å². The average Bonchev–Trinajstić information content (AvgIpc) is 2.97. The molecule has 2 saturated heterocycles. The van der Waals surface area contributed by atoms with Gasteiger partial charge in [-0.25, -0.2) is 4.98 Å². The van der Waals surface area contributed by atoms with E-state index in [2.05, 4.69) is 60.2 Å². The van der Waals surface area contributed by atoms with E-state index in [0.717, 1.165) is 29.1 Å². The molecule has 1 amide bonds. The molecule has 0 saturated carbocycles. The first-order valence-electron chi connectivity index (χ1n) is 10.7. The largest absolute Gasteiger partial charge is 0.473 e. The van der Waals surface area contributed by atoms with Crippen LogP contribution in [0.15, 0.2) is 36.4 Å². The Balaban J connectivity index is 1.41. The van der Waals surface area contributed by atoms with Crippen molar-refractivity contribution in [3.63, 3.8) is 0 Å². The van der Waals surface area contributed by atoms with Gasteiger partial charge in [-0.3, -0.25) is 4.79 Å². The Morgan fingerprint density at radius 1 is 1.30 bits per heavy atom. The summed E-state index contributed by atoms with van der Waals surface area (Å²) in [5, 5.41) is 12.5.